The van der Waals surface area contributed by atoms with E-state index >= 15 is 0 Å². The highest BCUT2D eigenvalue weighted by atomic mass is 32.2. The van der Waals surface area contributed by atoms with E-state index in [4.69, 9.17) is 4.42 Å². The van der Waals surface area contributed by atoms with Crippen LogP contribution in [0.2, 0.25) is 0 Å². The number of thioether (sulfide) groups is 1. The summed E-state index contributed by atoms with van der Waals surface area (Å²) in [7, 11) is 0. The second-order valence-electron chi connectivity index (χ2n) is 6.56. The molecule has 2 aromatic rings. The van der Waals surface area contributed by atoms with Crippen molar-refractivity contribution < 1.29 is 4.42 Å². The largest absolute Gasteiger partial charge is 0.444 e. The summed E-state index contributed by atoms with van der Waals surface area (Å²) in [6.07, 6.45) is 0. The molecule has 0 spiro atoms. The maximum absolute atomic E-state index is 5.61. The van der Waals surface area contributed by atoms with Gasteiger partial charge in [0.2, 0.25) is 5.89 Å². The predicted molar refractivity (Wildman–Crippen MR) is 114 cm³/mol. The molecule has 0 saturated carbocycles. The Morgan fingerprint density at radius 1 is 1.19 bits per heavy atom. The summed E-state index contributed by atoms with van der Waals surface area (Å²) >= 11 is 2.03. The first-order valence-corrected chi connectivity index (χ1v) is 10.7. The number of aromatic nitrogens is 1. The van der Waals surface area contributed by atoms with E-state index in [0.717, 1.165) is 37.0 Å². The molecule has 0 radical (unpaired) electrons. The molecule has 1 saturated heterocycles. The van der Waals surface area contributed by atoms with E-state index in [1.54, 1.807) is 0 Å². The van der Waals surface area contributed by atoms with Gasteiger partial charge in [-0.15, -0.1) is 0 Å². The molecule has 0 aliphatic carbocycles. The fourth-order valence-electron chi connectivity index (χ4n) is 2.92. The zero-order valence-corrected chi connectivity index (χ0v) is 17.2. The fraction of sp³-hybridized carbons (Fsp3) is 0.500. The van der Waals surface area contributed by atoms with Crippen molar-refractivity contribution in [3.05, 3.63) is 47.2 Å². The maximum atomic E-state index is 5.61. The molecular formula is C20H29N5OS. The Labute approximate surface area is 165 Å². The lowest BCUT2D eigenvalue weighted by Gasteiger charge is -2.28. The average Bonchev–Trinajstić information content (AvgIpc) is 3.03. The molecule has 0 atom stereocenters. The monoisotopic (exact) mass is 387 g/mol. The summed E-state index contributed by atoms with van der Waals surface area (Å²) in [5, 5.41) is 6.55. The van der Waals surface area contributed by atoms with Crippen molar-refractivity contribution in [2.24, 2.45) is 4.99 Å². The number of guanidine groups is 1. The van der Waals surface area contributed by atoms with E-state index in [1.807, 2.05) is 25.6 Å². The van der Waals surface area contributed by atoms with E-state index in [-0.39, 0.29) is 0 Å². The summed E-state index contributed by atoms with van der Waals surface area (Å²) < 4.78 is 5.61. The highest BCUT2D eigenvalue weighted by Crippen LogP contribution is 2.20. The molecule has 6 nitrogen and oxygen atoms in total. The van der Waals surface area contributed by atoms with E-state index in [2.05, 4.69) is 56.7 Å². The molecule has 1 aliphatic rings. The van der Waals surface area contributed by atoms with Crippen LogP contribution in [0.25, 0.3) is 0 Å². The van der Waals surface area contributed by atoms with Crippen LogP contribution in [0.15, 0.2) is 33.7 Å². The van der Waals surface area contributed by atoms with Crippen LogP contribution in [0.1, 0.15) is 29.8 Å². The van der Waals surface area contributed by atoms with Crippen molar-refractivity contribution in [1.82, 2.24) is 15.6 Å². The zero-order chi connectivity index (χ0) is 19.1. The average molecular weight is 388 g/mol. The lowest BCUT2D eigenvalue weighted by Crippen LogP contribution is -2.36. The molecule has 2 N–H and O–H groups in total. The number of hydrogen-bond acceptors (Lipinski definition) is 5. The van der Waals surface area contributed by atoms with Gasteiger partial charge in [0.05, 0.1) is 18.8 Å². The van der Waals surface area contributed by atoms with Crippen LogP contribution in [0.3, 0.4) is 0 Å². The fourth-order valence-corrected chi connectivity index (χ4v) is 3.82. The van der Waals surface area contributed by atoms with Crippen molar-refractivity contribution in [3.63, 3.8) is 0 Å². The molecule has 1 aromatic carbocycles. The molecule has 2 heterocycles. The van der Waals surface area contributed by atoms with E-state index < -0.39 is 0 Å². The third kappa shape index (κ3) is 5.66. The number of rotatable bonds is 6. The smallest absolute Gasteiger partial charge is 0.214 e. The van der Waals surface area contributed by atoms with E-state index in [0.29, 0.717) is 19.0 Å². The summed E-state index contributed by atoms with van der Waals surface area (Å²) in [4.78, 5) is 11.5. The van der Waals surface area contributed by atoms with Gasteiger partial charge in [0, 0.05) is 36.8 Å². The standard InChI is InChI=1S/C20H29N5OS/c1-4-21-20(23-14-19-24-15(2)16(3)26-19)22-13-17-5-7-18(8-6-17)25-9-11-27-12-10-25/h5-8H,4,9-14H2,1-3H3,(H2,21,22,23). The lowest BCUT2D eigenvalue weighted by atomic mass is 10.2. The van der Waals surface area contributed by atoms with E-state index in [1.165, 1.54) is 22.8 Å². The molecule has 1 aromatic heterocycles. The summed E-state index contributed by atoms with van der Waals surface area (Å²) in [5.41, 5.74) is 3.44. The van der Waals surface area contributed by atoms with Crippen LogP contribution in [-0.4, -0.2) is 42.1 Å². The minimum atomic E-state index is 0.520. The van der Waals surface area contributed by atoms with Crippen molar-refractivity contribution in [3.8, 4) is 0 Å². The van der Waals surface area contributed by atoms with Crippen LogP contribution < -0.4 is 15.5 Å². The van der Waals surface area contributed by atoms with Gasteiger partial charge in [0.15, 0.2) is 5.96 Å². The number of aliphatic imine (C=N–C) groups is 1. The highest BCUT2D eigenvalue weighted by Gasteiger charge is 2.11. The summed E-state index contributed by atoms with van der Waals surface area (Å²) in [6, 6.07) is 8.76. The quantitative estimate of drug-likeness (QED) is 0.587. The number of oxazole rings is 1. The summed E-state index contributed by atoms with van der Waals surface area (Å²) in [6.45, 7) is 10.2. The second-order valence-corrected chi connectivity index (χ2v) is 7.79. The lowest BCUT2D eigenvalue weighted by molar-refractivity contribution is 0.463. The van der Waals surface area contributed by atoms with Crippen LogP contribution in [0, 0.1) is 13.8 Å². The van der Waals surface area contributed by atoms with Gasteiger partial charge in [-0.1, -0.05) is 12.1 Å². The van der Waals surface area contributed by atoms with Gasteiger partial charge in [0.1, 0.15) is 5.76 Å². The number of aryl methyl sites for hydroxylation is 2. The topological polar surface area (TPSA) is 65.7 Å². The van der Waals surface area contributed by atoms with E-state index in [9.17, 15) is 0 Å². The van der Waals surface area contributed by atoms with Gasteiger partial charge in [-0.05, 0) is 38.5 Å². The Morgan fingerprint density at radius 3 is 2.56 bits per heavy atom. The number of nitrogens with zero attached hydrogens (tertiary/aromatic N) is 3. The third-order valence-electron chi connectivity index (χ3n) is 4.56. The SMILES string of the molecule is CCNC(=NCc1ccc(N2CCSCC2)cc1)NCc1nc(C)c(C)o1. The first-order valence-electron chi connectivity index (χ1n) is 9.52. The number of hydrogen-bond donors (Lipinski definition) is 2. The summed E-state index contributed by atoms with van der Waals surface area (Å²) in [5.74, 6) is 4.74. The minimum Gasteiger partial charge on any atom is -0.444 e. The Balaban J connectivity index is 1.57. The normalized spacial score (nSPS) is 15.1. The maximum Gasteiger partial charge on any atom is 0.214 e. The van der Waals surface area contributed by atoms with Crippen LogP contribution in [-0.2, 0) is 13.1 Å². The molecule has 146 valence electrons. The predicted octanol–water partition coefficient (Wildman–Crippen LogP) is 3.10. The Kier molecular flexibility index (Phi) is 7.04. The third-order valence-corrected chi connectivity index (χ3v) is 5.50. The van der Waals surface area contributed by atoms with Gasteiger partial charge < -0.3 is 20.0 Å². The molecule has 0 amide bonds. The van der Waals surface area contributed by atoms with Crippen molar-refractivity contribution in [1.29, 1.82) is 0 Å². The molecule has 3 rings (SSSR count). The Hall–Kier alpha value is -2.15. The molecule has 1 fully saturated rings. The first-order chi connectivity index (χ1) is 13.2. The number of anilines is 1. The van der Waals surface area contributed by atoms with Gasteiger partial charge >= 0.3 is 0 Å². The second kappa shape index (κ2) is 9.69. The van der Waals surface area contributed by atoms with Gasteiger partial charge in [-0.3, -0.25) is 0 Å². The van der Waals surface area contributed by atoms with Gasteiger partial charge in [0.25, 0.3) is 0 Å². The number of nitrogens with one attached hydrogen (secondary N) is 2. The van der Waals surface area contributed by atoms with Crippen LogP contribution in [0.5, 0.6) is 0 Å². The first kappa shape index (κ1) is 19.6. The van der Waals surface area contributed by atoms with Gasteiger partial charge in [-0.25, -0.2) is 9.98 Å². The Morgan fingerprint density at radius 2 is 1.93 bits per heavy atom. The number of benzene rings is 1. The zero-order valence-electron chi connectivity index (χ0n) is 16.4. The highest BCUT2D eigenvalue weighted by molar-refractivity contribution is 7.99. The molecule has 27 heavy (non-hydrogen) atoms. The van der Waals surface area contributed by atoms with Crippen molar-refractivity contribution in [2.45, 2.75) is 33.9 Å². The van der Waals surface area contributed by atoms with Crippen molar-refractivity contribution in [2.75, 3.05) is 36.0 Å². The molecule has 0 unspecified atom stereocenters. The van der Waals surface area contributed by atoms with Crippen LogP contribution in [0.4, 0.5) is 5.69 Å². The van der Waals surface area contributed by atoms with Crippen LogP contribution >= 0.6 is 11.8 Å². The molecule has 7 heteroatoms. The van der Waals surface area contributed by atoms with Gasteiger partial charge in [-0.2, -0.15) is 11.8 Å². The minimum absolute atomic E-state index is 0.520. The van der Waals surface area contributed by atoms with Crippen molar-refractivity contribution >= 4 is 23.4 Å². The molecular weight excluding hydrogens is 358 g/mol. The Bertz CT molecular complexity index is 731. The molecule has 0 bridgehead atoms. The molecule has 1 aliphatic heterocycles.